The number of rotatable bonds is 2. The Bertz CT molecular complexity index is 388. The SMILES string of the molecule is O=c1ncn(C2OC(CO)C(O)C2O)[nH]1. The average molecular weight is 217 g/mol. The van der Waals surface area contributed by atoms with E-state index in [1.54, 1.807) is 0 Å². The summed E-state index contributed by atoms with van der Waals surface area (Å²) in [4.78, 5) is 14.1. The molecule has 84 valence electrons. The molecule has 1 saturated heterocycles. The summed E-state index contributed by atoms with van der Waals surface area (Å²) < 4.78 is 6.28. The Morgan fingerprint density at radius 2 is 2.27 bits per heavy atom. The highest BCUT2D eigenvalue weighted by atomic mass is 16.6. The van der Waals surface area contributed by atoms with Gasteiger partial charge in [0, 0.05) is 0 Å². The fraction of sp³-hybridized carbons (Fsp3) is 0.714. The molecule has 8 heteroatoms. The molecule has 2 rings (SSSR count). The average Bonchev–Trinajstić information content (AvgIpc) is 2.74. The van der Waals surface area contributed by atoms with E-state index in [0.29, 0.717) is 0 Å². The highest BCUT2D eigenvalue weighted by Crippen LogP contribution is 2.27. The molecular formula is C7H11N3O5. The predicted octanol–water partition coefficient (Wildman–Crippen LogP) is -2.82. The van der Waals surface area contributed by atoms with E-state index in [1.807, 2.05) is 0 Å². The second-order valence-corrected chi connectivity index (χ2v) is 3.30. The molecule has 0 amide bonds. The van der Waals surface area contributed by atoms with Crippen LogP contribution in [0.5, 0.6) is 0 Å². The summed E-state index contributed by atoms with van der Waals surface area (Å²) in [5, 5.41) is 30.1. The summed E-state index contributed by atoms with van der Waals surface area (Å²) in [6, 6.07) is 0. The van der Waals surface area contributed by atoms with Crippen molar-refractivity contribution in [1.82, 2.24) is 14.8 Å². The van der Waals surface area contributed by atoms with Crippen LogP contribution in [0.4, 0.5) is 0 Å². The monoisotopic (exact) mass is 217 g/mol. The number of hydrogen-bond donors (Lipinski definition) is 4. The fourth-order valence-electron chi connectivity index (χ4n) is 1.52. The number of ether oxygens (including phenoxy) is 1. The van der Waals surface area contributed by atoms with E-state index in [-0.39, 0.29) is 0 Å². The summed E-state index contributed by atoms with van der Waals surface area (Å²) in [7, 11) is 0. The molecule has 8 nitrogen and oxygen atoms in total. The Hall–Kier alpha value is -1.22. The summed E-state index contributed by atoms with van der Waals surface area (Å²) in [6.07, 6.45) is -3.05. The van der Waals surface area contributed by atoms with E-state index >= 15 is 0 Å². The lowest BCUT2D eigenvalue weighted by Gasteiger charge is -2.14. The highest BCUT2D eigenvalue weighted by molar-refractivity contribution is 4.88. The summed E-state index contributed by atoms with van der Waals surface area (Å²) in [6.45, 7) is -0.409. The molecule has 0 spiro atoms. The normalized spacial score (nSPS) is 35.9. The van der Waals surface area contributed by atoms with Crippen molar-refractivity contribution < 1.29 is 20.1 Å². The summed E-state index contributed by atoms with van der Waals surface area (Å²) >= 11 is 0. The van der Waals surface area contributed by atoms with Crippen molar-refractivity contribution in [2.75, 3.05) is 6.61 Å². The van der Waals surface area contributed by atoms with Crippen LogP contribution >= 0.6 is 0 Å². The second kappa shape index (κ2) is 3.74. The second-order valence-electron chi connectivity index (χ2n) is 3.30. The lowest BCUT2D eigenvalue weighted by Crippen LogP contribution is -2.33. The molecule has 15 heavy (non-hydrogen) atoms. The van der Waals surface area contributed by atoms with Crippen LogP contribution in [-0.2, 0) is 4.74 Å². The van der Waals surface area contributed by atoms with Crippen molar-refractivity contribution in [2.24, 2.45) is 0 Å². The van der Waals surface area contributed by atoms with Gasteiger partial charge in [0.1, 0.15) is 24.6 Å². The van der Waals surface area contributed by atoms with E-state index in [9.17, 15) is 15.0 Å². The summed E-state index contributed by atoms with van der Waals surface area (Å²) in [5.74, 6) is 0. The zero-order valence-electron chi connectivity index (χ0n) is 7.65. The number of hydrogen-bond acceptors (Lipinski definition) is 6. The van der Waals surface area contributed by atoms with Crippen molar-refractivity contribution in [3.63, 3.8) is 0 Å². The Labute approximate surface area is 83.7 Å². The van der Waals surface area contributed by atoms with Gasteiger partial charge in [0.15, 0.2) is 6.23 Å². The smallest absolute Gasteiger partial charge is 0.361 e. The van der Waals surface area contributed by atoms with Crippen molar-refractivity contribution in [3.05, 3.63) is 16.8 Å². The third kappa shape index (κ3) is 1.67. The van der Waals surface area contributed by atoms with Gasteiger partial charge in [-0.3, -0.25) is 0 Å². The molecule has 1 aliphatic rings. The molecule has 1 aromatic rings. The first-order valence-electron chi connectivity index (χ1n) is 4.39. The van der Waals surface area contributed by atoms with Crippen LogP contribution in [-0.4, -0.2) is 55.0 Å². The minimum Gasteiger partial charge on any atom is -0.394 e. The quantitative estimate of drug-likeness (QED) is 0.424. The first-order chi connectivity index (χ1) is 7.13. The molecule has 4 unspecified atom stereocenters. The highest BCUT2D eigenvalue weighted by Gasteiger charge is 2.43. The molecule has 1 aliphatic heterocycles. The lowest BCUT2D eigenvalue weighted by atomic mass is 10.1. The number of aromatic amines is 1. The first kappa shape index (κ1) is 10.3. The minimum absolute atomic E-state index is 0.409. The van der Waals surface area contributed by atoms with Crippen LogP contribution in [0, 0.1) is 0 Å². The molecule has 1 aromatic heterocycles. The van der Waals surface area contributed by atoms with Crippen LogP contribution in [0.3, 0.4) is 0 Å². The van der Waals surface area contributed by atoms with Crippen LogP contribution in [0.2, 0.25) is 0 Å². The van der Waals surface area contributed by atoms with Crippen molar-refractivity contribution in [1.29, 1.82) is 0 Å². The standard InChI is InChI=1S/C7H11N3O5/c11-1-3-4(12)5(13)6(15-3)10-2-8-7(14)9-10/h2-6,11-13H,1H2,(H,9,14). The van der Waals surface area contributed by atoms with Gasteiger partial charge in [0.05, 0.1) is 6.61 Å². The lowest BCUT2D eigenvalue weighted by molar-refractivity contribution is -0.0589. The van der Waals surface area contributed by atoms with E-state index in [4.69, 9.17) is 9.84 Å². The molecule has 4 atom stereocenters. The molecule has 0 saturated carbocycles. The third-order valence-corrected chi connectivity index (χ3v) is 2.32. The van der Waals surface area contributed by atoms with Gasteiger partial charge in [-0.1, -0.05) is 0 Å². The van der Waals surface area contributed by atoms with Gasteiger partial charge in [-0.05, 0) is 0 Å². The zero-order chi connectivity index (χ0) is 11.0. The fourth-order valence-corrected chi connectivity index (χ4v) is 1.52. The van der Waals surface area contributed by atoms with E-state index in [1.165, 1.54) is 0 Å². The Morgan fingerprint density at radius 1 is 1.53 bits per heavy atom. The largest absolute Gasteiger partial charge is 0.394 e. The van der Waals surface area contributed by atoms with Gasteiger partial charge in [-0.25, -0.2) is 14.6 Å². The van der Waals surface area contributed by atoms with Crippen LogP contribution in [0.1, 0.15) is 6.23 Å². The van der Waals surface area contributed by atoms with Crippen molar-refractivity contribution >= 4 is 0 Å². The number of aromatic nitrogens is 3. The van der Waals surface area contributed by atoms with Gasteiger partial charge in [0.2, 0.25) is 0 Å². The van der Waals surface area contributed by atoms with Gasteiger partial charge >= 0.3 is 5.69 Å². The van der Waals surface area contributed by atoms with Gasteiger partial charge in [-0.15, -0.1) is 0 Å². The molecular weight excluding hydrogens is 206 g/mol. The summed E-state index contributed by atoms with van der Waals surface area (Å²) in [5.41, 5.74) is -0.576. The maximum absolute atomic E-state index is 10.7. The zero-order valence-corrected chi connectivity index (χ0v) is 7.65. The number of aliphatic hydroxyl groups is 3. The predicted molar refractivity (Wildman–Crippen MR) is 45.9 cm³/mol. The van der Waals surface area contributed by atoms with Crippen molar-refractivity contribution in [2.45, 2.75) is 24.5 Å². The van der Waals surface area contributed by atoms with E-state index in [0.717, 1.165) is 11.0 Å². The molecule has 2 heterocycles. The molecule has 0 bridgehead atoms. The maximum atomic E-state index is 10.7. The molecule has 0 aliphatic carbocycles. The van der Waals surface area contributed by atoms with Crippen LogP contribution in [0.25, 0.3) is 0 Å². The molecule has 4 N–H and O–H groups in total. The Kier molecular flexibility index (Phi) is 2.57. The first-order valence-corrected chi connectivity index (χ1v) is 4.39. The number of nitrogens with zero attached hydrogens (tertiary/aromatic N) is 2. The number of nitrogens with one attached hydrogen (secondary N) is 1. The topological polar surface area (TPSA) is 121 Å². The van der Waals surface area contributed by atoms with Crippen LogP contribution < -0.4 is 5.69 Å². The van der Waals surface area contributed by atoms with Gasteiger partial charge < -0.3 is 20.1 Å². The Morgan fingerprint density at radius 3 is 2.73 bits per heavy atom. The van der Waals surface area contributed by atoms with Gasteiger partial charge in [0.25, 0.3) is 0 Å². The van der Waals surface area contributed by atoms with Crippen LogP contribution in [0.15, 0.2) is 11.1 Å². The number of aliphatic hydroxyl groups excluding tert-OH is 3. The minimum atomic E-state index is -1.22. The van der Waals surface area contributed by atoms with E-state index < -0.39 is 36.8 Å². The Balaban J connectivity index is 2.21. The van der Waals surface area contributed by atoms with E-state index in [2.05, 4.69) is 10.1 Å². The maximum Gasteiger partial charge on any atom is 0.361 e. The molecule has 0 aromatic carbocycles. The third-order valence-electron chi connectivity index (χ3n) is 2.32. The molecule has 1 fully saturated rings. The number of H-pyrrole nitrogens is 1. The van der Waals surface area contributed by atoms with Gasteiger partial charge in [-0.2, -0.15) is 4.98 Å². The molecule has 0 radical (unpaired) electrons. The van der Waals surface area contributed by atoms with Crippen molar-refractivity contribution in [3.8, 4) is 0 Å².